The number of hydrogen-bond donors (Lipinski definition) is 2. The number of benzene rings is 1. The van der Waals surface area contributed by atoms with Crippen molar-refractivity contribution in [2.24, 2.45) is 0 Å². The monoisotopic (exact) mass is 276 g/mol. The molecular weight excluding hydrogens is 256 g/mol. The van der Waals surface area contributed by atoms with Crippen LogP contribution in [-0.2, 0) is 0 Å². The van der Waals surface area contributed by atoms with Crippen molar-refractivity contribution in [3.05, 3.63) is 24.5 Å². The highest BCUT2D eigenvalue weighted by Gasteiger charge is 2.02. The zero-order chi connectivity index (χ0) is 13.5. The van der Waals surface area contributed by atoms with Crippen LogP contribution in [0.5, 0.6) is 0 Å². The molecule has 0 aliphatic carbocycles. The summed E-state index contributed by atoms with van der Waals surface area (Å²) in [5.41, 5.74) is 7.38. The summed E-state index contributed by atoms with van der Waals surface area (Å²) in [6, 6.07) is 5.73. The minimum absolute atomic E-state index is 0.731. The molecule has 102 valence electrons. The third kappa shape index (κ3) is 3.99. The summed E-state index contributed by atoms with van der Waals surface area (Å²) in [6.07, 6.45) is 7.43. The lowest BCUT2D eigenvalue weighted by atomic mass is 10.2. The van der Waals surface area contributed by atoms with Gasteiger partial charge in [0.15, 0.2) is 0 Å². The van der Waals surface area contributed by atoms with Gasteiger partial charge in [0, 0.05) is 17.6 Å². The maximum absolute atomic E-state index is 5.76. The average molecular weight is 276 g/mol. The fraction of sp³-hybridized carbons (Fsp3) is 0.429. The smallest absolute Gasteiger partial charge is 0.137 e. The van der Waals surface area contributed by atoms with Crippen molar-refractivity contribution in [2.45, 2.75) is 19.3 Å². The molecule has 2 aromatic rings. The van der Waals surface area contributed by atoms with Gasteiger partial charge in [-0.2, -0.15) is 11.8 Å². The topological polar surface area (TPSA) is 63.8 Å². The Balaban J connectivity index is 1.93. The van der Waals surface area contributed by atoms with E-state index >= 15 is 0 Å². The Morgan fingerprint density at radius 1 is 1.21 bits per heavy atom. The summed E-state index contributed by atoms with van der Waals surface area (Å²) in [5, 5.41) is 4.41. The van der Waals surface area contributed by atoms with E-state index in [4.69, 9.17) is 5.73 Å². The molecule has 0 saturated heterocycles. The predicted octanol–water partition coefficient (Wildman–Crippen LogP) is 3.16. The number of aromatic nitrogens is 2. The minimum atomic E-state index is 0.731. The second-order valence-corrected chi connectivity index (χ2v) is 5.46. The third-order valence-electron chi connectivity index (χ3n) is 2.98. The quantitative estimate of drug-likeness (QED) is 0.601. The van der Waals surface area contributed by atoms with E-state index in [0.29, 0.717) is 0 Å². The Labute approximate surface area is 118 Å². The number of thioether (sulfide) groups is 1. The number of hydrogen-bond acceptors (Lipinski definition) is 5. The summed E-state index contributed by atoms with van der Waals surface area (Å²) in [5.74, 6) is 2.14. The molecule has 3 N–H and O–H groups in total. The van der Waals surface area contributed by atoms with Gasteiger partial charge in [-0.05, 0) is 43.0 Å². The van der Waals surface area contributed by atoms with Crippen molar-refractivity contribution in [3.63, 3.8) is 0 Å². The molecule has 0 atom stereocenters. The molecule has 19 heavy (non-hydrogen) atoms. The predicted molar refractivity (Wildman–Crippen MR) is 84.7 cm³/mol. The number of rotatable bonds is 7. The first-order chi connectivity index (χ1) is 9.31. The molecule has 5 heteroatoms. The van der Waals surface area contributed by atoms with Crippen LogP contribution in [0.3, 0.4) is 0 Å². The van der Waals surface area contributed by atoms with Gasteiger partial charge in [-0.25, -0.2) is 9.97 Å². The zero-order valence-electron chi connectivity index (χ0n) is 11.2. The van der Waals surface area contributed by atoms with E-state index in [9.17, 15) is 0 Å². The number of nitrogens with zero attached hydrogens (tertiary/aromatic N) is 2. The molecule has 1 aromatic carbocycles. The molecule has 2 rings (SSSR count). The molecule has 0 saturated carbocycles. The first kappa shape index (κ1) is 13.9. The van der Waals surface area contributed by atoms with Crippen molar-refractivity contribution in [1.29, 1.82) is 0 Å². The van der Waals surface area contributed by atoms with Crippen LogP contribution in [-0.4, -0.2) is 28.5 Å². The van der Waals surface area contributed by atoms with Gasteiger partial charge in [0.2, 0.25) is 0 Å². The molecular formula is C14H20N4S. The maximum Gasteiger partial charge on any atom is 0.137 e. The third-order valence-corrected chi connectivity index (χ3v) is 3.68. The first-order valence-corrected chi connectivity index (χ1v) is 7.93. The molecule has 1 heterocycles. The molecule has 0 aliphatic heterocycles. The molecule has 1 aromatic heterocycles. The van der Waals surface area contributed by atoms with Crippen LogP contribution in [0.1, 0.15) is 19.3 Å². The Kier molecular flexibility index (Phi) is 5.27. The standard InChI is InChI=1S/C14H20N4S/c1-19-8-4-2-3-7-16-14-12-6-5-11(15)9-13(12)17-10-18-14/h5-6,9-10H,2-4,7-8,15H2,1H3,(H,16,17,18). The summed E-state index contributed by atoms with van der Waals surface area (Å²) >= 11 is 1.91. The molecule has 0 bridgehead atoms. The molecule has 4 nitrogen and oxygen atoms in total. The lowest BCUT2D eigenvalue weighted by Crippen LogP contribution is -2.04. The van der Waals surface area contributed by atoms with Gasteiger partial charge in [-0.3, -0.25) is 0 Å². The van der Waals surface area contributed by atoms with Gasteiger partial charge in [-0.15, -0.1) is 0 Å². The largest absolute Gasteiger partial charge is 0.399 e. The van der Waals surface area contributed by atoms with Crippen LogP contribution < -0.4 is 11.1 Å². The maximum atomic E-state index is 5.76. The summed E-state index contributed by atoms with van der Waals surface area (Å²) in [4.78, 5) is 8.54. The van der Waals surface area contributed by atoms with E-state index in [1.54, 1.807) is 6.33 Å². The molecule has 0 fully saturated rings. The molecule has 0 aliphatic rings. The van der Waals surface area contributed by atoms with E-state index in [1.807, 2.05) is 30.0 Å². The van der Waals surface area contributed by atoms with Crippen LogP contribution in [0.2, 0.25) is 0 Å². The Morgan fingerprint density at radius 3 is 2.95 bits per heavy atom. The molecule has 0 radical (unpaired) electrons. The van der Waals surface area contributed by atoms with Gasteiger partial charge in [0.25, 0.3) is 0 Å². The normalized spacial score (nSPS) is 10.8. The van der Waals surface area contributed by atoms with E-state index in [2.05, 4.69) is 21.5 Å². The van der Waals surface area contributed by atoms with E-state index in [-0.39, 0.29) is 0 Å². The first-order valence-electron chi connectivity index (χ1n) is 6.54. The fourth-order valence-corrected chi connectivity index (χ4v) is 2.46. The van der Waals surface area contributed by atoms with E-state index in [1.165, 1.54) is 25.0 Å². The van der Waals surface area contributed by atoms with Crippen LogP contribution in [0.4, 0.5) is 11.5 Å². The summed E-state index contributed by atoms with van der Waals surface area (Å²) < 4.78 is 0. The summed E-state index contributed by atoms with van der Waals surface area (Å²) in [6.45, 7) is 0.949. The van der Waals surface area contributed by atoms with Gasteiger partial charge in [-0.1, -0.05) is 6.42 Å². The van der Waals surface area contributed by atoms with Crippen molar-refractivity contribution in [3.8, 4) is 0 Å². The number of unbranched alkanes of at least 4 members (excludes halogenated alkanes) is 2. The van der Waals surface area contributed by atoms with Crippen LogP contribution in [0, 0.1) is 0 Å². The lowest BCUT2D eigenvalue weighted by Gasteiger charge is -2.08. The Bertz CT molecular complexity index is 530. The number of nitrogens with one attached hydrogen (secondary N) is 1. The molecule has 0 unspecified atom stereocenters. The second kappa shape index (κ2) is 7.19. The highest BCUT2D eigenvalue weighted by molar-refractivity contribution is 7.98. The van der Waals surface area contributed by atoms with Gasteiger partial charge in [0.05, 0.1) is 5.52 Å². The van der Waals surface area contributed by atoms with E-state index < -0.39 is 0 Å². The van der Waals surface area contributed by atoms with Crippen molar-refractivity contribution in [1.82, 2.24) is 9.97 Å². The number of anilines is 2. The number of nitrogen functional groups attached to an aromatic ring is 1. The Morgan fingerprint density at radius 2 is 2.11 bits per heavy atom. The summed E-state index contributed by atoms with van der Waals surface area (Å²) in [7, 11) is 0. The second-order valence-electron chi connectivity index (χ2n) is 4.48. The van der Waals surface area contributed by atoms with Crippen LogP contribution >= 0.6 is 11.8 Å². The van der Waals surface area contributed by atoms with Crippen LogP contribution in [0.15, 0.2) is 24.5 Å². The molecule has 0 amide bonds. The lowest BCUT2D eigenvalue weighted by molar-refractivity contribution is 0.748. The van der Waals surface area contributed by atoms with Crippen LogP contribution in [0.25, 0.3) is 10.9 Å². The van der Waals surface area contributed by atoms with E-state index in [0.717, 1.165) is 29.0 Å². The van der Waals surface area contributed by atoms with Gasteiger partial charge >= 0.3 is 0 Å². The number of fused-ring (bicyclic) bond motifs is 1. The van der Waals surface area contributed by atoms with Crippen molar-refractivity contribution >= 4 is 34.2 Å². The highest BCUT2D eigenvalue weighted by Crippen LogP contribution is 2.21. The van der Waals surface area contributed by atoms with Gasteiger partial charge < -0.3 is 11.1 Å². The minimum Gasteiger partial charge on any atom is -0.399 e. The average Bonchev–Trinajstić information content (AvgIpc) is 2.42. The van der Waals surface area contributed by atoms with Crippen molar-refractivity contribution < 1.29 is 0 Å². The van der Waals surface area contributed by atoms with Gasteiger partial charge in [0.1, 0.15) is 12.1 Å². The Hall–Kier alpha value is -1.49. The SMILES string of the molecule is CSCCCCCNc1ncnc2cc(N)ccc12. The highest BCUT2D eigenvalue weighted by atomic mass is 32.2. The number of nitrogens with two attached hydrogens (primary N) is 1. The fourth-order valence-electron chi connectivity index (χ4n) is 1.97. The molecule has 0 spiro atoms. The van der Waals surface area contributed by atoms with Crippen molar-refractivity contribution in [2.75, 3.05) is 29.6 Å². The zero-order valence-corrected chi connectivity index (χ0v) is 12.0.